The molecule has 0 aliphatic heterocycles. The van der Waals surface area contributed by atoms with Gasteiger partial charge in [0.1, 0.15) is 5.82 Å². The number of carbonyl (C=O) groups excluding carboxylic acids is 1. The molecule has 3 heteroatoms. The Morgan fingerprint density at radius 3 is 2.50 bits per heavy atom. The van der Waals surface area contributed by atoms with E-state index in [1.807, 2.05) is 0 Å². The Labute approximate surface area is 121 Å². The maximum absolute atomic E-state index is 13.5. The molecule has 1 fully saturated rings. The number of benzene rings is 1. The number of nitrogens with zero attached hydrogens (tertiary/aromatic N) is 1. The highest BCUT2D eigenvalue weighted by molar-refractivity contribution is 5.96. The van der Waals surface area contributed by atoms with Gasteiger partial charge in [0.25, 0.3) is 0 Å². The average Bonchev–Trinajstić information content (AvgIpc) is 2.74. The van der Waals surface area contributed by atoms with E-state index >= 15 is 0 Å². The number of Topliss-reactive ketones (excluding diaryl/α,β-unsaturated/α-hetero) is 1. The van der Waals surface area contributed by atoms with Crippen molar-refractivity contribution in [1.82, 2.24) is 4.90 Å². The summed E-state index contributed by atoms with van der Waals surface area (Å²) in [6.45, 7) is 0.720. The SMILES string of the molecule is CN(CCC(=O)c1ccccc1F)C1CCCCCC1. The molecule has 0 amide bonds. The molecule has 2 rings (SSSR count). The molecule has 0 aromatic heterocycles. The highest BCUT2D eigenvalue weighted by Gasteiger charge is 2.18. The molecule has 0 N–H and O–H groups in total. The molecule has 0 unspecified atom stereocenters. The first-order chi connectivity index (χ1) is 9.68. The average molecular weight is 277 g/mol. The zero-order valence-corrected chi connectivity index (χ0v) is 12.3. The molecule has 0 atom stereocenters. The molecule has 0 bridgehead atoms. The Bertz CT molecular complexity index is 438. The van der Waals surface area contributed by atoms with Crippen molar-refractivity contribution in [2.75, 3.05) is 13.6 Å². The van der Waals surface area contributed by atoms with Crippen LogP contribution in [0, 0.1) is 5.82 Å². The van der Waals surface area contributed by atoms with Crippen LogP contribution in [0.3, 0.4) is 0 Å². The topological polar surface area (TPSA) is 20.3 Å². The van der Waals surface area contributed by atoms with Gasteiger partial charge in [0.15, 0.2) is 5.78 Å². The van der Waals surface area contributed by atoms with E-state index in [-0.39, 0.29) is 11.3 Å². The molecular formula is C17H24FNO. The van der Waals surface area contributed by atoms with Crippen LogP contribution in [-0.4, -0.2) is 30.3 Å². The van der Waals surface area contributed by atoms with Crippen LogP contribution in [0.25, 0.3) is 0 Å². The lowest BCUT2D eigenvalue weighted by Gasteiger charge is -2.26. The van der Waals surface area contributed by atoms with E-state index in [2.05, 4.69) is 11.9 Å². The van der Waals surface area contributed by atoms with E-state index in [0.29, 0.717) is 12.5 Å². The van der Waals surface area contributed by atoms with Gasteiger partial charge in [-0.05, 0) is 32.0 Å². The molecule has 0 spiro atoms. The first-order valence-corrected chi connectivity index (χ1v) is 7.66. The number of hydrogen-bond donors (Lipinski definition) is 0. The summed E-state index contributed by atoms with van der Waals surface area (Å²) in [5, 5.41) is 0. The van der Waals surface area contributed by atoms with E-state index in [1.165, 1.54) is 44.6 Å². The number of carbonyl (C=O) groups is 1. The molecule has 110 valence electrons. The number of halogens is 1. The lowest BCUT2D eigenvalue weighted by molar-refractivity contribution is 0.0953. The zero-order valence-electron chi connectivity index (χ0n) is 12.3. The van der Waals surface area contributed by atoms with Crippen molar-refractivity contribution in [3.05, 3.63) is 35.6 Å². The molecule has 1 aromatic carbocycles. The minimum Gasteiger partial charge on any atom is -0.303 e. The summed E-state index contributed by atoms with van der Waals surface area (Å²) in [6.07, 6.45) is 8.09. The fourth-order valence-electron chi connectivity index (χ4n) is 2.98. The Balaban J connectivity index is 1.85. The van der Waals surface area contributed by atoms with Gasteiger partial charge in [-0.2, -0.15) is 0 Å². The maximum Gasteiger partial charge on any atom is 0.167 e. The summed E-state index contributed by atoms with van der Waals surface area (Å²) in [6, 6.07) is 6.84. The zero-order chi connectivity index (χ0) is 14.4. The standard InChI is InChI=1S/C17H24FNO/c1-19(14-8-4-2-3-5-9-14)13-12-17(20)15-10-6-7-11-16(15)18/h6-7,10-11,14H,2-5,8-9,12-13H2,1H3. The summed E-state index contributed by atoms with van der Waals surface area (Å²) in [5.41, 5.74) is 0.224. The van der Waals surface area contributed by atoms with Crippen LogP contribution in [0.1, 0.15) is 55.3 Å². The van der Waals surface area contributed by atoms with Gasteiger partial charge in [0.2, 0.25) is 0 Å². The molecule has 0 heterocycles. The summed E-state index contributed by atoms with van der Waals surface area (Å²) < 4.78 is 13.5. The highest BCUT2D eigenvalue weighted by atomic mass is 19.1. The highest BCUT2D eigenvalue weighted by Crippen LogP contribution is 2.21. The van der Waals surface area contributed by atoms with Crippen molar-refractivity contribution in [3.63, 3.8) is 0 Å². The Hall–Kier alpha value is -1.22. The molecule has 1 saturated carbocycles. The molecule has 0 saturated heterocycles. The van der Waals surface area contributed by atoms with Crippen molar-refractivity contribution >= 4 is 5.78 Å². The third-order valence-corrected chi connectivity index (χ3v) is 4.31. The molecular weight excluding hydrogens is 253 g/mol. The number of hydrogen-bond acceptors (Lipinski definition) is 2. The van der Waals surface area contributed by atoms with Crippen LogP contribution in [0.2, 0.25) is 0 Å². The molecule has 20 heavy (non-hydrogen) atoms. The maximum atomic E-state index is 13.5. The van der Waals surface area contributed by atoms with E-state index in [4.69, 9.17) is 0 Å². The van der Waals surface area contributed by atoms with Gasteiger partial charge in [0, 0.05) is 19.0 Å². The van der Waals surface area contributed by atoms with Gasteiger partial charge in [-0.1, -0.05) is 37.8 Å². The summed E-state index contributed by atoms with van der Waals surface area (Å²) in [7, 11) is 2.09. The van der Waals surface area contributed by atoms with E-state index in [9.17, 15) is 9.18 Å². The smallest absolute Gasteiger partial charge is 0.167 e. The summed E-state index contributed by atoms with van der Waals surface area (Å²) in [5.74, 6) is -0.502. The minimum atomic E-state index is -0.408. The van der Waals surface area contributed by atoms with Gasteiger partial charge >= 0.3 is 0 Å². The molecule has 1 aliphatic carbocycles. The lowest BCUT2D eigenvalue weighted by atomic mass is 10.1. The van der Waals surface area contributed by atoms with Crippen LogP contribution >= 0.6 is 0 Å². The molecule has 1 aromatic rings. The van der Waals surface area contributed by atoms with Crippen LogP contribution in [0.4, 0.5) is 4.39 Å². The first-order valence-electron chi connectivity index (χ1n) is 7.66. The van der Waals surface area contributed by atoms with E-state index in [0.717, 1.165) is 6.54 Å². The quantitative estimate of drug-likeness (QED) is 0.597. The van der Waals surface area contributed by atoms with Gasteiger partial charge in [-0.25, -0.2) is 4.39 Å². The normalized spacial score (nSPS) is 17.1. The fourth-order valence-corrected chi connectivity index (χ4v) is 2.98. The van der Waals surface area contributed by atoms with Gasteiger partial charge in [-0.15, -0.1) is 0 Å². The van der Waals surface area contributed by atoms with E-state index < -0.39 is 5.82 Å². The van der Waals surface area contributed by atoms with Crippen molar-refractivity contribution in [1.29, 1.82) is 0 Å². The third-order valence-electron chi connectivity index (χ3n) is 4.31. The molecule has 1 aliphatic rings. The lowest BCUT2D eigenvalue weighted by Crippen LogP contribution is -2.33. The van der Waals surface area contributed by atoms with E-state index in [1.54, 1.807) is 18.2 Å². The molecule has 0 radical (unpaired) electrons. The van der Waals surface area contributed by atoms with Crippen LogP contribution in [0.15, 0.2) is 24.3 Å². The Kier molecular flexibility index (Phi) is 5.72. The van der Waals surface area contributed by atoms with Crippen molar-refractivity contribution < 1.29 is 9.18 Å². The second-order valence-corrected chi connectivity index (χ2v) is 5.78. The fraction of sp³-hybridized carbons (Fsp3) is 0.588. The van der Waals surface area contributed by atoms with Gasteiger partial charge in [0.05, 0.1) is 5.56 Å². The van der Waals surface area contributed by atoms with Crippen LogP contribution in [-0.2, 0) is 0 Å². The number of ketones is 1. The summed E-state index contributed by atoms with van der Waals surface area (Å²) >= 11 is 0. The molecule has 2 nitrogen and oxygen atoms in total. The Morgan fingerprint density at radius 1 is 1.20 bits per heavy atom. The van der Waals surface area contributed by atoms with Crippen molar-refractivity contribution in [3.8, 4) is 0 Å². The number of rotatable bonds is 5. The Morgan fingerprint density at radius 2 is 1.85 bits per heavy atom. The predicted octanol–water partition coefficient (Wildman–Crippen LogP) is 4.05. The van der Waals surface area contributed by atoms with Crippen LogP contribution < -0.4 is 0 Å². The monoisotopic (exact) mass is 277 g/mol. The van der Waals surface area contributed by atoms with Gasteiger partial charge < -0.3 is 4.90 Å². The van der Waals surface area contributed by atoms with Crippen molar-refractivity contribution in [2.45, 2.75) is 51.0 Å². The van der Waals surface area contributed by atoms with Crippen molar-refractivity contribution in [2.24, 2.45) is 0 Å². The summed E-state index contributed by atoms with van der Waals surface area (Å²) in [4.78, 5) is 14.3. The third kappa shape index (κ3) is 4.14. The second kappa shape index (κ2) is 7.53. The van der Waals surface area contributed by atoms with Gasteiger partial charge in [-0.3, -0.25) is 4.79 Å². The minimum absolute atomic E-state index is 0.0939. The largest absolute Gasteiger partial charge is 0.303 e. The first kappa shape index (κ1) is 15.2. The second-order valence-electron chi connectivity index (χ2n) is 5.78. The van der Waals surface area contributed by atoms with Crippen LogP contribution in [0.5, 0.6) is 0 Å². The predicted molar refractivity (Wildman–Crippen MR) is 79.5 cm³/mol.